The number of nitrogens with one attached hydrogen (secondary N) is 2. The molecule has 4 aromatic carbocycles. The lowest BCUT2D eigenvalue weighted by Gasteiger charge is -2.52. The molecule has 2 atom stereocenters. The summed E-state index contributed by atoms with van der Waals surface area (Å²) >= 11 is 2.23. The maximum atomic E-state index is 14.4. The summed E-state index contributed by atoms with van der Waals surface area (Å²) in [5.74, 6) is -2.32. The predicted octanol–water partition coefficient (Wildman–Crippen LogP) is 5.36. The summed E-state index contributed by atoms with van der Waals surface area (Å²) in [6.07, 6.45) is 1.68. The van der Waals surface area contributed by atoms with E-state index in [2.05, 4.69) is 38.4 Å². The molecule has 0 unspecified atom stereocenters. The second kappa shape index (κ2) is 10.2. The van der Waals surface area contributed by atoms with Crippen LogP contribution in [0, 0.1) is 22.3 Å². The Morgan fingerprint density at radius 1 is 0.881 bits per heavy atom. The van der Waals surface area contributed by atoms with Gasteiger partial charge in [-0.3, -0.25) is 14.4 Å². The lowest BCUT2D eigenvalue weighted by molar-refractivity contribution is -0.122. The zero-order chi connectivity index (χ0) is 29.0. The van der Waals surface area contributed by atoms with Crippen LogP contribution in [0.3, 0.4) is 0 Å². The van der Waals surface area contributed by atoms with E-state index < -0.39 is 17.3 Å². The topological polar surface area (TPSA) is 90.9 Å². The maximum absolute atomic E-state index is 14.4. The smallest absolute Gasteiger partial charge is 0.259 e. The van der Waals surface area contributed by atoms with Gasteiger partial charge < -0.3 is 5.32 Å². The highest BCUT2D eigenvalue weighted by Crippen LogP contribution is 2.63. The standard InChI is InChI=1S/C34H27IN4O3/c1-20-10-16-23(17-11-20)39-32(41)30-29-24-6-2-4-8-26(24)34(31(30)33(39)42,27-9-5-3-7-25(27)29)19-37-38-28(40)18-36-22-14-12-21(35)13-15-22/h2-17,19,29-31,36H,18H2,1H3,(H,38,40)/b37-19-/t29?,30-,31+,34?/m1/s1. The second-order valence-corrected chi connectivity index (χ2v) is 12.3. The quantitative estimate of drug-likeness (QED) is 0.126. The molecule has 4 aliphatic rings. The minimum Gasteiger partial charge on any atom is -0.376 e. The first-order valence-electron chi connectivity index (χ1n) is 13.9. The van der Waals surface area contributed by atoms with Crippen LogP contribution in [0.2, 0.25) is 0 Å². The van der Waals surface area contributed by atoms with Gasteiger partial charge in [-0.05, 0) is 88.2 Å². The van der Waals surface area contributed by atoms with Crippen LogP contribution in [0.5, 0.6) is 0 Å². The number of carbonyl (C=O) groups excluding carboxylic acids is 3. The van der Waals surface area contributed by atoms with E-state index in [1.54, 1.807) is 6.21 Å². The lowest BCUT2D eigenvalue weighted by atomic mass is 9.47. The van der Waals surface area contributed by atoms with Gasteiger partial charge >= 0.3 is 0 Å². The molecule has 0 spiro atoms. The van der Waals surface area contributed by atoms with Gasteiger partial charge in [-0.1, -0.05) is 66.2 Å². The van der Waals surface area contributed by atoms with Gasteiger partial charge in [-0.25, -0.2) is 10.3 Å². The monoisotopic (exact) mass is 666 g/mol. The molecule has 42 heavy (non-hydrogen) atoms. The van der Waals surface area contributed by atoms with Crippen molar-refractivity contribution in [1.82, 2.24) is 5.43 Å². The van der Waals surface area contributed by atoms with Crippen molar-refractivity contribution in [3.8, 4) is 0 Å². The number of rotatable bonds is 6. The number of carbonyl (C=O) groups is 3. The molecule has 208 valence electrons. The summed E-state index contributed by atoms with van der Waals surface area (Å²) in [5.41, 5.74) is 7.99. The molecule has 0 saturated carbocycles. The Morgan fingerprint density at radius 3 is 2.14 bits per heavy atom. The molecular formula is C34H27IN4O3. The highest BCUT2D eigenvalue weighted by molar-refractivity contribution is 14.1. The first-order chi connectivity index (χ1) is 20.4. The van der Waals surface area contributed by atoms with E-state index in [1.807, 2.05) is 104 Å². The van der Waals surface area contributed by atoms with Gasteiger partial charge in [-0.15, -0.1) is 0 Å². The minimum atomic E-state index is -1.03. The van der Waals surface area contributed by atoms with Gasteiger partial charge in [-0.2, -0.15) is 5.10 Å². The molecule has 1 fully saturated rings. The predicted molar refractivity (Wildman–Crippen MR) is 170 cm³/mol. The van der Waals surface area contributed by atoms with Crippen molar-refractivity contribution in [2.75, 3.05) is 16.8 Å². The van der Waals surface area contributed by atoms with E-state index in [0.717, 1.165) is 37.1 Å². The Morgan fingerprint density at radius 2 is 1.50 bits per heavy atom. The fourth-order valence-corrected chi connectivity index (χ4v) is 7.35. The Labute approximate surface area is 257 Å². The summed E-state index contributed by atoms with van der Waals surface area (Å²) in [6, 6.07) is 31.2. The van der Waals surface area contributed by atoms with Crippen LogP contribution in [0.1, 0.15) is 33.7 Å². The number of nitrogens with zero attached hydrogens (tertiary/aromatic N) is 2. The maximum Gasteiger partial charge on any atom is 0.259 e. The van der Waals surface area contributed by atoms with E-state index in [1.165, 1.54) is 4.90 Å². The third-order valence-corrected chi connectivity index (χ3v) is 9.45. The van der Waals surface area contributed by atoms with Crippen molar-refractivity contribution in [3.63, 3.8) is 0 Å². The highest BCUT2D eigenvalue weighted by Gasteiger charge is 2.68. The van der Waals surface area contributed by atoms with Gasteiger partial charge in [0.1, 0.15) is 0 Å². The van der Waals surface area contributed by atoms with Crippen molar-refractivity contribution < 1.29 is 14.4 Å². The molecule has 7 nitrogen and oxygen atoms in total. The van der Waals surface area contributed by atoms with Crippen molar-refractivity contribution in [1.29, 1.82) is 0 Å². The third kappa shape index (κ3) is 3.99. The Bertz CT molecular complexity index is 1720. The molecular weight excluding hydrogens is 639 g/mol. The van der Waals surface area contributed by atoms with Crippen molar-refractivity contribution >= 4 is 57.9 Å². The van der Waals surface area contributed by atoms with E-state index >= 15 is 0 Å². The van der Waals surface area contributed by atoms with Crippen molar-refractivity contribution in [2.24, 2.45) is 16.9 Å². The number of benzene rings is 4. The summed E-state index contributed by atoms with van der Waals surface area (Å²) in [5, 5.41) is 7.57. The first-order valence-corrected chi connectivity index (χ1v) is 14.9. The molecule has 3 aliphatic carbocycles. The molecule has 1 aliphatic heterocycles. The second-order valence-electron chi connectivity index (χ2n) is 11.0. The zero-order valence-corrected chi connectivity index (χ0v) is 24.9. The highest BCUT2D eigenvalue weighted by atomic mass is 127. The summed E-state index contributed by atoms with van der Waals surface area (Å²) < 4.78 is 1.11. The molecule has 1 saturated heterocycles. The van der Waals surface area contributed by atoms with Crippen molar-refractivity contribution in [3.05, 3.63) is 128 Å². The van der Waals surface area contributed by atoms with Crippen LogP contribution in [-0.4, -0.2) is 30.5 Å². The van der Waals surface area contributed by atoms with E-state index in [4.69, 9.17) is 0 Å². The van der Waals surface area contributed by atoms with Crippen LogP contribution >= 0.6 is 22.6 Å². The molecule has 0 radical (unpaired) electrons. The molecule has 4 aromatic rings. The number of aryl methyl sites for hydroxylation is 1. The van der Waals surface area contributed by atoms with Gasteiger partial charge in [0.2, 0.25) is 11.8 Å². The van der Waals surface area contributed by atoms with E-state index in [9.17, 15) is 14.4 Å². The van der Waals surface area contributed by atoms with Crippen LogP contribution in [-0.2, 0) is 19.8 Å². The van der Waals surface area contributed by atoms with Crippen LogP contribution < -0.4 is 15.6 Å². The van der Waals surface area contributed by atoms with Gasteiger partial charge in [0, 0.05) is 21.4 Å². The fourth-order valence-electron chi connectivity index (χ4n) is 6.99. The average molecular weight is 667 g/mol. The molecule has 2 bridgehead atoms. The van der Waals surface area contributed by atoms with Crippen LogP contribution in [0.25, 0.3) is 0 Å². The number of imide groups is 1. The minimum absolute atomic E-state index is 0.0326. The Hall–Kier alpha value is -4.31. The third-order valence-electron chi connectivity index (χ3n) is 8.73. The SMILES string of the molecule is Cc1ccc(N2C(=O)[C@@H]3C4c5ccccc5C(/C=N\NC(=O)CNc5ccc(I)cc5)(c5ccccc54)[C@@H]3C2=O)cc1. The normalized spacial score (nSPS) is 23.5. The number of anilines is 2. The van der Waals surface area contributed by atoms with Crippen molar-refractivity contribution in [2.45, 2.75) is 18.3 Å². The Kier molecular flexibility index (Phi) is 6.46. The lowest BCUT2D eigenvalue weighted by Crippen LogP contribution is -2.54. The van der Waals surface area contributed by atoms with E-state index in [-0.39, 0.29) is 30.2 Å². The summed E-state index contributed by atoms with van der Waals surface area (Å²) in [4.78, 5) is 42.7. The molecule has 3 amide bonds. The fraction of sp³-hybridized carbons (Fsp3) is 0.176. The zero-order valence-electron chi connectivity index (χ0n) is 22.8. The number of hydrogen-bond donors (Lipinski definition) is 2. The molecule has 8 rings (SSSR count). The van der Waals surface area contributed by atoms with Gasteiger partial charge in [0.15, 0.2) is 0 Å². The Balaban J connectivity index is 1.29. The number of halogens is 1. The number of hydrogen-bond acceptors (Lipinski definition) is 5. The number of amides is 3. The molecule has 2 N–H and O–H groups in total. The van der Waals surface area contributed by atoms with E-state index in [0.29, 0.717) is 5.69 Å². The summed E-state index contributed by atoms with van der Waals surface area (Å²) in [6.45, 7) is 2.01. The first kappa shape index (κ1) is 26.6. The molecule has 0 aromatic heterocycles. The van der Waals surface area contributed by atoms with Gasteiger partial charge in [0.05, 0.1) is 29.5 Å². The van der Waals surface area contributed by atoms with Gasteiger partial charge in [0.25, 0.3) is 5.91 Å². The number of hydrazone groups is 1. The van der Waals surface area contributed by atoms with Crippen LogP contribution in [0.15, 0.2) is 102 Å². The van der Waals surface area contributed by atoms with Crippen LogP contribution in [0.4, 0.5) is 11.4 Å². The molecule has 8 heteroatoms. The average Bonchev–Trinajstić information content (AvgIpc) is 3.28. The summed E-state index contributed by atoms with van der Waals surface area (Å²) in [7, 11) is 0. The largest absolute Gasteiger partial charge is 0.376 e. The molecule has 1 heterocycles.